The summed E-state index contributed by atoms with van der Waals surface area (Å²) in [6, 6.07) is 12.0. The number of nitrogens with one attached hydrogen (secondary N) is 1. The smallest absolute Gasteiger partial charge is 0.243 e. The highest BCUT2D eigenvalue weighted by atomic mass is 127. The molecule has 6 nitrogen and oxygen atoms in total. The molecule has 0 fully saturated rings. The number of benzene rings is 1. The monoisotopic (exact) mass is 548 g/mol. The van der Waals surface area contributed by atoms with E-state index in [1.807, 2.05) is 36.2 Å². The number of halogens is 2. The minimum Gasteiger partial charge on any atom is -0.469 e. The molecule has 0 aliphatic carbocycles. The number of furan rings is 1. The Hall–Kier alpha value is -1.55. The lowest BCUT2D eigenvalue weighted by atomic mass is 10.2. The summed E-state index contributed by atoms with van der Waals surface area (Å²) in [6.07, 6.45) is 2.42. The molecule has 1 heterocycles. The molecule has 0 unspecified atom stereocenters. The standard InChI is InChI=1S/C19H25BrN4O2.HI/c1-23(2)18(25)13-22-19(21-11-10-17-5-4-12-26-17)24(3)14-15-6-8-16(20)9-7-15;/h4-9,12H,10-11,13-14H2,1-3H3,(H,21,22);1H. The van der Waals surface area contributed by atoms with Crippen LogP contribution >= 0.6 is 39.9 Å². The van der Waals surface area contributed by atoms with Gasteiger partial charge in [-0.15, -0.1) is 24.0 Å². The fourth-order valence-electron chi connectivity index (χ4n) is 2.29. The second-order valence-electron chi connectivity index (χ2n) is 6.17. The topological polar surface area (TPSA) is 61.1 Å². The molecule has 0 bridgehead atoms. The van der Waals surface area contributed by atoms with Gasteiger partial charge < -0.3 is 19.5 Å². The van der Waals surface area contributed by atoms with Gasteiger partial charge in [-0.05, 0) is 29.8 Å². The van der Waals surface area contributed by atoms with E-state index in [0.29, 0.717) is 19.0 Å². The predicted molar refractivity (Wildman–Crippen MR) is 122 cm³/mol. The first-order chi connectivity index (χ1) is 12.5. The van der Waals surface area contributed by atoms with E-state index in [0.717, 1.165) is 22.2 Å². The molecule has 1 aromatic carbocycles. The van der Waals surface area contributed by atoms with E-state index >= 15 is 0 Å². The highest BCUT2D eigenvalue weighted by molar-refractivity contribution is 14.0. The van der Waals surface area contributed by atoms with E-state index in [-0.39, 0.29) is 36.4 Å². The van der Waals surface area contributed by atoms with E-state index in [2.05, 4.69) is 38.4 Å². The molecule has 0 spiro atoms. The van der Waals surface area contributed by atoms with Crippen LogP contribution in [0.25, 0.3) is 0 Å². The van der Waals surface area contributed by atoms with Crippen LogP contribution in [0.2, 0.25) is 0 Å². The highest BCUT2D eigenvalue weighted by Crippen LogP contribution is 2.12. The van der Waals surface area contributed by atoms with Crippen molar-refractivity contribution in [2.75, 3.05) is 34.2 Å². The molecule has 27 heavy (non-hydrogen) atoms. The van der Waals surface area contributed by atoms with Gasteiger partial charge in [0.15, 0.2) is 5.96 Å². The van der Waals surface area contributed by atoms with Crippen LogP contribution in [0.15, 0.2) is 56.5 Å². The maximum absolute atomic E-state index is 11.9. The van der Waals surface area contributed by atoms with Crippen LogP contribution in [0.4, 0.5) is 0 Å². The highest BCUT2D eigenvalue weighted by Gasteiger charge is 2.10. The number of nitrogens with zero attached hydrogens (tertiary/aromatic N) is 3. The van der Waals surface area contributed by atoms with E-state index in [1.165, 1.54) is 0 Å². The minimum atomic E-state index is -0.0348. The van der Waals surface area contributed by atoms with Gasteiger partial charge in [-0.3, -0.25) is 4.79 Å². The largest absolute Gasteiger partial charge is 0.469 e. The Kier molecular flexibility index (Phi) is 10.5. The Morgan fingerprint density at radius 3 is 2.48 bits per heavy atom. The van der Waals surface area contributed by atoms with Gasteiger partial charge in [0.25, 0.3) is 0 Å². The summed E-state index contributed by atoms with van der Waals surface area (Å²) in [6.45, 7) is 1.48. The number of likely N-dealkylation sites (N-methyl/N-ethyl adjacent to an activating group) is 1. The third kappa shape index (κ3) is 8.34. The Bertz CT molecular complexity index is 718. The quantitative estimate of drug-likeness (QED) is 0.327. The molecule has 1 N–H and O–H groups in total. The predicted octanol–water partition coefficient (Wildman–Crippen LogP) is 3.37. The van der Waals surface area contributed by atoms with Crippen LogP contribution < -0.4 is 5.32 Å². The van der Waals surface area contributed by atoms with Crippen molar-refractivity contribution in [3.05, 3.63) is 58.5 Å². The first-order valence-corrected chi connectivity index (χ1v) is 9.21. The molecule has 8 heteroatoms. The van der Waals surface area contributed by atoms with Gasteiger partial charge in [0, 0.05) is 45.1 Å². The van der Waals surface area contributed by atoms with E-state index in [4.69, 9.17) is 4.42 Å². The Labute approximate surface area is 186 Å². The summed E-state index contributed by atoms with van der Waals surface area (Å²) in [5, 5.41) is 3.32. The minimum absolute atomic E-state index is 0. The number of hydrogen-bond acceptors (Lipinski definition) is 3. The third-order valence-electron chi connectivity index (χ3n) is 3.79. The summed E-state index contributed by atoms with van der Waals surface area (Å²) in [7, 11) is 5.42. The number of guanidine groups is 1. The van der Waals surface area contributed by atoms with Crippen LogP contribution in [0.3, 0.4) is 0 Å². The third-order valence-corrected chi connectivity index (χ3v) is 4.32. The fourth-order valence-corrected chi connectivity index (χ4v) is 2.55. The number of hydrogen-bond donors (Lipinski definition) is 1. The van der Waals surface area contributed by atoms with Gasteiger partial charge in [0.05, 0.1) is 6.26 Å². The van der Waals surface area contributed by atoms with Crippen molar-refractivity contribution < 1.29 is 9.21 Å². The lowest BCUT2D eigenvalue weighted by molar-refractivity contribution is -0.127. The van der Waals surface area contributed by atoms with Crippen molar-refractivity contribution in [2.45, 2.75) is 13.0 Å². The molecule has 2 aromatic rings. The second kappa shape index (κ2) is 12.0. The molecule has 1 amide bonds. The Morgan fingerprint density at radius 1 is 1.19 bits per heavy atom. The average Bonchev–Trinajstić information content (AvgIpc) is 3.12. The molecule has 148 valence electrons. The summed E-state index contributed by atoms with van der Waals surface area (Å²) in [5.74, 6) is 1.57. The van der Waals surface area contributed by atoms with Gasteiger partial charge in [-0.2, -0.15) is 0 Å². The second-order valence-corrected chi connectivity index (χ2v) is 7.08. The summed E-state index contributed by atoms with van der Waals surface area (Å²) in [4.78, 5) is 19.9. The molecule has 0 aliphatic rings. The van der Waals surface area contributed by atoms with Gasteiger partial charge in [-0.1, -0.05) is 28.1 Å². The summed E-state index contributed by atoms with van der Waals surface area (Å²) >= 11 is 3.45. The van der Waals surface area contributed by atoms with Crippen LogP contribution in [0.1, 0.15) is 11.3 Å². The zero-order valence-corrected chi connectivity index (χ0v) is 19.7. The zero-order chi connectivity index (χ0) is 18.9. The molecule has 0 radical (unpaired) electrons. The van der Waals surface area contributed by atoms with Crippen LogP contribution in [0, 0.1) is 0 Å². The molecular weight excluding hydrogens is 523 g/mol. The van der Waals surface area contributed by atoms with Gasteiger partial charge in [0.1, 0.15) is 12.3 Å². The molecule has 0 saturated carbocycles. The van der Waals surface area contributed by atoms with E-state index in [9.17, 15) is 4.79 Å². The zero-order valence-electron chi connectivity index (χ0n) is 15.8. The molecule has 2 rings (SSSR count). The number of amides is 1. The maximum atomic E-state index is 11.9. The van der Waals surface area contributed by atoms with Crippen molar-refractivity contribution in [2.24, 2.45) is 4.99 Å². The van der Waals surface area contributed by atoms with Crippen molar-refractivity contribution in [3.8, 4) is 0 Å². The summed E-state index contributed by atoms with van der Waals surface area (Å²) in [5.41, 5.74) is 1.16. The summed E-state index contributed by atoms with van der Waals surface area (Å²) < 4.78 is 6.40. The molecule has 0 atom stereocenters. The number of aliphatic imine (C=N–C) groups is 1. The van der Waals surface area contributed by atoms with Gasteiger partial charge >= 0.3 is 0 Å². The van der Waals surface area contributed by atoms with E-state index < -0.39 is 0 Å². The molecular formula is C19H26BrIN4O2. The van der Waals surface area contributed by atoms with Crippen LogP contribution in [-0.4, -0.2) is 55.9 Å². The van der Waals surface area contributed by atoms with Crippen molar-refractivity contribution >= 4 is 51.8 Å². The average molecular weight is 549 g/mol. The van der Waals surface area contributed by atoms with E-state index in [1.54, 1.807) is 25.3 Å². The van der Waals surface area contributed by atoms with Crippen molar-refractivity contribution in [1.29, 1.82) is 0 Å². The lowest BCUT2D eigenvalue weighted by Crippen LogP contribution is -2.40. The SMILES string of the molecule is CN(C)C(=O)CN=C(NCCc1ccco1)N(C)Cc1ccc(Br)cc1.I. The first-order valence-electron chi connectivity index (χ1n) is 8.42. The number of rotatable bonds is 7. The van der Waals surface area contributed by atoms with Gasteiger partial charge in [-0.25, -0.2) is 4.99 Å². The maximum Gasteiger partial charge on any atom is 0.243 e. The Morgan fingerprint density at radius 2 is 1.89 bits per heavy atom. The first kappa shape index (κ1) is 23.5. The molecule has 0 saturated heterocycles. The molecule has 1 aromatic heterocycles. The van der Waals surface area contributed by atoms with Crippen LogP contribution in [-0.2, 0) is 17.8 Å². The van der Waals surface area contributed by atoms with Crippen LogP contribution in [0.5, 0.6) is 0 Å². The van der Waals surface area contributed by atoms with Crippen molar-refractivity contribution in [3.63, 3.8) is 0 Å². The Balaban J connectivity index is 0.00000364. The number of carbonyl (C=O) groups excluding carboxylic acids is 1. The normalized spacial score (nSPS) is 10.9. The number of carbonyl (C=O) groups is 1. The lowest BCUT2D eigenvalue weighted by Gasteiger charge is -2.23. The molecule has 0 aliphatic heterocycles. The fraction of sp³-hybridized carbons (Fsp3) is 0.368. The van der Waals surface area contributed by atoms with Gasteiger partial charge in [0.2, 0.25) is 5.91 Å². The van der Waals surface area contributed by atoms with Crippen molar-refractivity contribution in [1.82, 2.24) is 15.1 Å².